The number of ether oxygens (including phenoxy) is 1. The predicted octanol–water partition coefficient (Wildman–Crippen LogP) is 2.94. The number of amides is 2. The van der Waals surface area contributed by atoms with Crippen LogP contribution < -0.4 is 10.1 Å². The van der Waals surface area contributed by atoms with Crippen molar-refractivity contribution in [2.24, 2.45) is 0 Å². The van der Waals surface area contributed by atoms with Gasteiger partial charge in [-0.1, -0.05) is 29.3 Å². The molecule has 0 saturated carbocycles. The van der Waals surface area contributed by atoms with Crippen molar-refractivity contribution in [2.45, 2.75) is 45.3 Å². The lowest BCUT2D eigenvalue weighted by atomic mass is 9.90. The van der Waals surface area contributed by atoms with E-state index in [1.165, 1.54) is 0 Å². The molecule has 3 rings (SSSR count). The summed E-state index contributed by atoms with van der Waals surface area (Å²) in [5.41, 5.74) is 1.03. The summed E-state index contributed by atoms with van der Waals surface area (Å²) in [4.78, 5) is 30.1. The van der Waals surface area contributed by atoms with Gasteiger partial charge in [-0.15, -0.1) is 0 Å². The van der Waals surface area contributed by atoms with E-state index in [1.54, 1.807) is 24.8 Å². The normalized spacial score (nSPS) is 20.7. The third-order valence-electron chi connectivity index (χ3n) is 5.82. The minimum absolute atomic E-state index is 0.161. The number of likely N-dealkylation sites (tertiary alicyclic amines) is 1. The van der Waals surface area contributed by atoms with E-state index in [2.05, 4.69) is 17.3 Å². The Morgan fingerprint density at radius 3 is 2.72 bits per heavy atom. The Kier molecular flexibility index (Phi) is 6.54. The second-order valence-electron chi connectivity index (χ2n) is 8.23. The van der Waals surface area contributed by atoms with Crippen LogP contribution >= 0.6 is 11.6 Å². The molecule has 1 spiro atoms. The van der Waals surface area contributed by atoms with Crippen LogP contribution in [-0.2, 0) is 4.79 Å². The zero-order chi connectivity index (χ0) is 21.2. The number of hydrogen-bond acceptors (Lipinski definition) is 4. The number of nitrogens with zero attached hydrogens (tertiary/aromatic N) is 2. The number of nitrogens with one attached hydrogen (secondary N) is 1. The molecular formula is C22H30ClN3O3. The van der Waals surface area contributed by atoms with Gasteiger partial charge in [0.05, 0.1) is 12.1 Å². The van der Waals surface area contributed by atoms with E-state index in [4.69, 9.17) is 16.3 Å². The summed E-state index contributed by atoms with van der Waals surface area (Å²) in [7, 11) is 2.09. The third-order valence-corrected chi connectivity index (χ3v) is 5.97. The van der Waals surface area contributed by atoms with E-state index in [9.17, 15) is 9.59 Å². The van der Waals surface area contributed by atoms with Crippen molar-refractivity contribution in [3.63, 3.8) is 0 Å². The van der Waals surface area contributed by atoms with Crippen molar-refractivity contribution < 1.29 is 14.3 Å². The van der Waals surface area contributed by atoms with Crippen molar-refractivity contribution in [3.05, 3.63) is 40.4 Å². The number of hydrogen-bond donors (Lipinski definition) is 1. The first-order valence-electron chi connectivity index (χ1n) is 10.1. The van der Waals surface area contributed by atoms with E-state index in [0.29, 0.717) is 29.4 Å². The van der Waals surface area contributed by atoms with E-state index in [0.717, 1.165) is 31.5 Å². The average Bonchev–Trinajstić information content (AvgIpc) is 2.79. The molecular weight excluding hydrogens is 390 g/mol. The SMILES string of the molecule is C/C(Cl)=C/CNC(=O)C(C)N1CC2(CCN(C)CC2)Oc2ccc(C)cc2C1=O. The maximum absolute atomic E-state index is 13.4. The Hall–Kier alpha value is -2.05. The van der Waals surface area contributed by atoms with Crippen LogP contribution in [0.4, 0.5) is 0 Å². The fourth-order valence-electron chi connectivity index (χ4n) is 3.88. The molecule has 1 unspecified atom stereocenters. The quantitative estimate of drug-likeness (QED) is 0.815. The van der Waals surface area contributed by atoms with Crippen molar-refractivity contribution in [3.8, 4) is 5.75 Å². The molecule has 1 aromatic rings. The lowest BCUT2D eigenvalue weighted by Crippen LogP contribution is -2.57. The van der Waals surface area contributed by atoms with Gasteiger partial charge in [0.1, 0.15) is 17.4 Å². The number of allylic oxidation sites excluding steroid dienone is 1. The molecule has 29 heavy (non-hydrogen) atoms. The van der Waals surface area contributed by atoms with Gasteiger partial charge in [0, 0.05) is 37.5 Å². The second-order valence-corrected chi connectivity index (χ2v) is 8.83. The first-order valence-corrected chi connectivity index (χ1v) is 10.5. The van der Waals surface area contributed by atoms with Gasteiger partial charge in [-0.25, -0.2) is 0 Å². The zero-order valence-electron chi connectivity index (χ0n) is 17.6. The van der Waals surface area contributed by atoms with Crippen LogP contribution in [0.3, 0.4) is 0 Å². The molecule has 2 aliphatic heterocycles. The van der Waals surface area contributed by atoms with Crippen LogP contribution in [0.1, 0.15) is 42.6 Å². The lowest BCUT2D eigenvalue weighted by Gasteiger charge is -2.42. The van der Waals surface area contributed by atoms with Gasteiger partial charge in [-0.05, 0) is 40.0 Å². The molecule has 7 heteroatoms. The van der Waals surface area contributed by atoms with Crippen molar-refractivity contribution in [1.29, 1.82) is 0 Å². The van der Waals surface area contributed by atoms with Crippen LogP contribution in [0.5, 0.6) is 5.75 Å². The highest BCUT2D eigenvalue weighted by molar-refractivity contribution is 6.29. The summed E-state index contributed by atoms with van der Waals surface area (Å²) < 4.78 is 6.48. The molecule has 2 heterocycles. The van der Waals surface area contributed by atoms with Gasteiger partial charge in [0.25, 0.3) is 5.91 Å². The average molecular weight is 420 g/mol. The molecule has 2 amide bonds. The molecule has 2 aliphatic rings. The fraction of sp³-hybridized carbons (Fsp3) is 0.545. The Morgan fingerprint density at radius 2 is 2.07 bits per heavy atom. The number of halogens is 1. The number of rotatable bonds is 4. The maximum Gasteiger partial charge on any atom is 0.258 e. The van der Waals surface area contributed by atoms with Gasteiger partial charge >= 0.3 is 0 Å². The highest BCUT2D eigenvalue weighted by atomic mass is 35.5. The van der Waals surface area contributed by atoms with Gasteiger partial charge in [-0.2, -0.15) is 0 Å². The first kappa shape index (κ1) is 21.7. The molecule has 1 aromatic carbocycles. The van der Waals surface area contributed by atoms with Crippen molar-refractivity contribution in [1.82, 2.24) is 15.1 Å². The second kappa shape index (κ2) is 8.76. The molecule has 0 bridgehead atoms. The minimum Gasteiger partial charge on any atom is -0.484 e. The van der Waals surface area contributed by atoms with E-state index in [1.807, 2.05) is 25.1 Å². The molecule has 0 aliphatic carbocycles. The number of aryl methyl sites for hydroxylation is 1. The summed E-state index contributed by atoms with van der Waals surface area (Å²) in [5.74, 6) is 0.249. The Morgan fingerprint density at radius 1 is 1.38 bits per heavy atom. The largest absolute Gasteiger partial charge is 0.484 e. The summed E-state index contributed by atoms with van der Waals surface area (Å²) >= 11 is 5.84. The van der Waals surface area contributed by atoms with Gasteiger partial charge in [-0.3, -0.25) is 9.59 Å². The molecule has 1 atom stereocenters. The molecule has 0 aromatic heterocycles. The van der Waals surface area contributed by atoms with Crippen molar-refractivity contribution in [2.75, 3.05) is 33.2 Å². The van der Waals surface area contributed by atoms with Gasteiger partial charge < -0.3 is 19.9 Å². The number of benzene rings is 1. The maximum atomic E-state index is 13.4. The molecule has 1 fully saturated rings. The van der Waals surface area contributed by atoms with Gasteiger partial charge in [0.2, 0.25) is 5.91 Å². The molecule has 6 nitrogen and oxygen atoms in total. The van der Waals surface area contributed by atoms with Crippen LogP contribution in [0.2, 0.25) is 0 Å². The third kappa shape index (κ3) is 4.93. The molecule has 1 N–H and O–H groups in total. The van der Waals surface area contributed by atoms with Crippen molar-refractivity contribution >= 4 is 23.4 Å². The number of piperidine rings is 1. The highest BCUT2D eigenvalue weighted by Gasteiger charge is 2.44. The molecule has 0 radical (unpaired) electrons. The van der Waals surface area contributed by atoms with E-state index in [-0.39, 0.29) is 11.8 Å². The summed E-state index contributed by atoms with van der Waals surface area (Å²) in [5, 5.41) is 3.46. The Labute approximate surface area is 177 Å². The topological polar surface area (TPSA) is 61.9 Å². The monoisotopic (exact) mass is 419 g/mol. The highest BCUT2D eigenvalue weighted by Crippen LogP contribution is 2.36. The van der Waals surface area contributed by atoms with Gasteiger partial charge in [0.15, 0.2) is 0 Å². The number of fused-ring (bicyclic) bond motifs is 1. The first-order chi connectivity index (χ1) is 13.7. The standard InChI is InChI=1S/C22H30ClN3O3/c1-15-5-6-19-18(13-15)21(28)26(17(3)20(27)24-10-7-16(2)23)14-22(29-19)8-11-25(4)12-9-22/h5-7,13,17H,8-12,14H2,1-4H3,(H,24,27)/b16-7-. The lowest BCUT2D eigenvalue weighted by molar-refractivity contribution is -0.125. The summed E-state index contributed by atoms with van der Waals surface area (Å²) in [6, 6.07) is 5.08. The zero-order valence-corrected chi connectivity index (χ0v) is 18.4. The minimum atomic E-state index is -0.613. The fourth-order valence-corrected chi connectivity index (χ4v) is 3.96. The number of carbonyl (C=O) groups is 2. The Bertz CT molecular complexity index is 812. The Balaban J connectivity index is 1.91. The molecule has 1 saturated heterocycles. The predicted molar refractivity (Wildman–Crippen MR) is 114 cm³/mol. The van der Waals surface area contributed by atoms with Crippen LogP contribution in [-0.4, -0.2) is 66.5 Å². The van der Waals surface area contributed by atoms with Crippen LogP contribution in [0.15, 0.2) is 29.3 Å². The van der Waals surface area contributed by atoms with Crippen LogP contribution in [0, 0.1) is 6.92 Å². The summed E-state index contributed by atoms with van der Waals surface area (Å²) in [6.45, 7) is 8.00. The summed E-state index contributed by atoms with van der Waals surface area (Å²) in [6.07, 6.45) is 3.35. The van der Waals surface area contributed by atoms with Crippen LogP contribution in [0.25, 0.3) is 0 Å². The van der Waals surface area contributed by atoms with E-state index >= 15 is 0 Å². The van der Waals surface area contributed by atoms with E-state index < -0.39 is 11.6 Å². The number of carbonyl (C=O) groups excluding carboxylic acids is 2. The molecule has 158 valence electrons. The smallest absolute Gasteiger partial charge is 0.258 e.